The Bertz CT molecular complexity index is 551. The second-order valence-electron chi connectivity index (χ2n) is 3.89. The second-order valence-corrected chi connectivity index (χ2v) is 3.89. The molecule has 0 amide bonds. The van der Waals surface area contributed by atoms with Gasteiger partial charge in [0.25, 0.3) is 0 Å². The number of nitrogens with two attached hydrogens (primary N) is 1. The first kappa shape index (κ1) is 13.6. The molecule has 0 fully saturated rings. The highest BCUT2D eigenvalue weighted by Crippen LogP contribution is 2.34. The number of nitrogens with one attached hydrogen (secondary N) is 1. The van der Waals surface area contributed by atoms with Crippen molar-refractivity contribution >= 4 is 0 Å². The largest absolute Gasteiger partial charge is 0.472 e. The van der Waals surface area contributed by atoms with Crippen LogP contribution in [0.3, 0.4) is 0 Å². The highest BCUT2D eigenvalue weighted by molar-refractivity contribution is 5.34. The summed E-state index contributed by atoms with van der Waals surface area (Å²) in [6.07, 6.45) is -2.04. The number of hydrogen-bond donors (Lipinski definition) is 2. The molecule has 2 aromatic rings. The van der Waals surface area contributed by atoms with Crippen LogP contribution in [0, 0.1) is 5.82 Å². The van der Waals surface area contributed by atoms with Gasteiger partial charge in [0.15, 0.2) is 0 Å². The average molecular weight is 274 g/mol. The monoisotopic (exact) mass is 274 g/mol. The summed E-state index contributed by atoms with van der Waals surface area (Å²) in [7, 11) is 0. The fourth-order valence-electron chi connectivity index (χ4n) is 1.76. The van der Waals surface area contributed by atoms with Crippen molar-refractivity contribution in [3.05, 3.63) is 59.3 Å². The Morgan fingerprint density at radius 3 is 2.42 bits per heavy atom. The average Bonchev–Trinajstić information content (AvgIpc) is 2.84. The van der Waals surface area contributed by atoms with Crippen LogP contribution in [0.2, 0.25) is 0 Å². The van der Waals surface area contributed by atoms with Gasteiger partial charge in [-0.2, -0.15) is 13.2 Å². The Labute approximate surface area is 106 Å². The fourth-order valence-corrected chi connectivity index (χ4v) is 1.76. The van der Waals surface area contributed by atoms with Gasteiger partial charge >= 0.3 is 6.18 Å². The number of halogens is 4. The molecule has 0 aliphatic rings. The zero-order valence-corrected chi connectivity index (χ0v) is 9.54. The van der Waals surface area contributed by atoms with Crippen LogP contribution in [0.4, 0.5) is 17.6 Å². The highest BCUT2D eigenvalue weighted by Gasteiger charge is 2.34. The third-order valence-corrected chi connectivity index (χ3v) is 2.67. The Morgan fingerprint density at radius 1 is 1.16 bits per heavy atom. The SMILES string of the molecule is NNC(c1ccoc1)c1ccc(F)c(C(F)(F)F)c1. The van der Waals surface area contributed by atoms with Crippen molar-refractivity contribution in [1.29, 1.82) is 0 Å². The molecule has 102 valence electrons. The molecule has 7 heteroatoms. The standard InChI is InChI=1S/C12H10F4N2O/c13-10-2-1-7(5-9(10)12(14,15)16)11(18-17)8-3-4-19-6-8/h1-6,11,18H,17H2. The quantitative estimate of drug-likeness (QED) is 0.514. The van der Waals surface area contributed by atoms with E-state index < -0.39 is 23.6 Å². The molecule has 1 heterocycles. The maximum atomic E-state index is 13.2. The molecule has 0 saturated carbocycles. The smallest absolute Gasteiger partial charge is 0.419 e. The van der Waals surface area contributed by atoms with Gasteiger partial charge in [0.1, 0.15) is 5.82 Å². The molecule has 1 aromatic heterocycles. The third kappa shape index (κ3) is 2.77. The van der Waals surface area contributed by atoms with E-state index in [4.69, 9.17) is 10.3 Å². The summed E-state index contributed by atoms with van der Waals surface area (Å²) in [4.78, 5) is 0. The molecular weight excluding hydrogens is 264 g/mol. The summed E-state index contributed by atoms with van der Waals surface area (Å²) in [5.41, 5.74) is 1.78. The predicted octanol–water partition coefficient (Wildman–Crippen LogP) is 2.99. The summed E-state index contributed by atoms with van der Waals surface area (Å²) < 4.78 is 55.9. The van der Waals surface area contributed by atoms with E-state index in [0.29, 0.717) is 5.56 Å². The number of hydrogen-bond acceptors (Lipinski definition) is 3. The number of benzene rings is 1. The van der Waals surface area contributed by atoms with E-state index in [9.17, 15) is 17.6 Å². The van der Waals surface area contributed by atoms with E-state index in [1.807, 2.05) is 0 Å². The van der Waals surface area contributed by atoms with Crippen molar-refractivity contribution in [2.75, 3.05) is 0 Å². The summed E-state index contributed by atoms with van der Waals surface area (Å²) in [5.74, 6) is 4.01. The Hall–Kier alpha value is -1.86. The van der Waals surface area contributed by atoms with Gasteiger partial charge in [-0.1, -0.05) is 6.07 Å². The Morgan fingerprint density at radius 2 is 1.89 bits per heavy atom. The van der Waals surface area contributed by atoms with Crippen molar-refractivity contribution in [3.8, 4) is 0 Å². The van der Waals surface area contributed by atoms with Crippen molar-refractivity contribution in [1.82, 2.24) is 5.43 Å². The normalized spacial score (nSPS) is 13.5. The molecule has 1 atom stereocenters. The van der Waals surface area contributed by atoms with E-state index in [0.717, 1.165) is 12.1 Å². The Balaban J connectivity index is 2.45. The minimum Gasteiger partial charge on any atom is -0.472 e. The number of alkyl halides is 3. The van der Waals surface area contributed by atoms with Gasteiger partial charge < -0.3 is 4.42 Å². The van der Waals surface area contributed by atoms with Crippen LogP contribution in [-0.4, -0.2) is 0 Å². The first-order valence-electron chi connectivity index (χ1n) is 5.28. The fraction of sp³-hybridized carbons (Fsp3) is 0.167. The first-order chi connectivity index (χ1) is 8.93. The van der Waals surface area contributed by atoms with Crippen molar-refractivity contribution < 1.29 is 22.0 Å². The van der Waals surface area contributed by atoms with Crippen LogP contribution in [0.1, 0.15) is 22.7 Å². The summed E-state index contributed by atoms with van der Waals surface area (Å²) in [6, 6.07) is 3.58. The molecule has 3 N–H and O–H groups in total. The third-order valence-electron chi connectivity index (χ3n) is 2.67. The van der Waals surface area contributed by atoms with E-state index >= 15 is 0 Å². The zero-order valence-electron chi connectivity index (χ0n) is 9.54. The lowest BCUT2D eigenvalue weighted by molar-refractivity contribution is -0.140. The second kappa shape index (κ2) is 5.02. The summed E-state index contributed by atoms with van der Waals surface area (Å²) in [5, 5.41) is 0. The summed E-state index contributed by atoms with van der Waals surface area (Å²) >= 11 is 0. The van der Waals surface area contributed by atoms with Crippen LogP contribution < -0.4 is 11.3 Å². The topological polar surface area (TPSA) is 51.2 Å². The van der Waals surface area contributed by atoms with Crippen LogP contribution in [-0.2, 0) is 6.18 Å². The molecule has 0 radical (unpaired) electrons. The molecule has 1 aromatic carbocycles. The van der Waals surface area contributed by atoms with Crippen LogP contribution >= 0.6 is 0 Å². The van der Waals surface area contributed by atoms with Crippen molar-refractivity contribution in [2.24, 2.45) is 5.84 Å². The Kier molecular flexibility index (Phi) is 3.59. The lowest BCUT2D eigenvalue weighted by atomic mass is 9.99. The number of hydrazine groups is 1. The molecule has 0 aliphatic carbocycles. The van der Waals surface area contributed by atoms with E-state index in [2.05, 4.69) is 5.43 Å². The molecule has 0 spiro atoms. The van der Waals surface area contributed by atoms with Gasteiger partial charge in [0, 0.05) is 5.56 Å². The number of rotatable bonds is 3. The minimum atomic E-state index is -4.75. The van der Waals surface area contributed by atoms with E-state index in [1.165, 1.54) is 18.6 Å². The van der Waals surface area contributed by atoms with Gasteiger partial charge in [-0.25, -0.2) is 9.82 Å². The molecule has 0 bridgehead atoms. The molecule has 0 saturated heterocycles. The van der Waals surface area contributed by atoms with Gasteiger partial charge in [0.05, 0.1) is 24.1 Å². The van der Waals surface area contributed by atoms with Crippen LogP contribution in [0.15, 0.2) is 41.2 Å². The lowest BCUT2D eigenvalue weighted by Gasteiger charge is -2.17. The van der Waals surface area contributed by atoms with Gasteiger partial charge in [-0.15, -0.1) is 0 Å². The molecule has 19 heavy (non-hydrogen) atoms. The van der Waals surface area contributed by atoms with E-state index in [1.54, 1.807) is 6.07 Å². The van der Waals surface area contributed by atoms with Crippen molar-refractivity contribution in [3.63, 3.8) is 0 Å². The first-order valence-corrected chi connectivity index (χ1v) is 5.28. The molecular formula is C12H10F4N2O. The van der Waals surface area contributed by atoms with Crippen LogP contribution in [0.5, 0.6) is 0 Å². The van der Waals surface area contributed by atoms with Crippen molar-refractivity contribution in [2.45, 2.75) is 12.2 Å². The maximum Gasteiger partial charge on any atom is 0.419 e. The molecule has 3 nitrogen and oxygen atoms in total. The van der Waals surface area contributed by atoms with Crippen LogP contribution in [0.25, 0.3) is 0 Å². The summed E-state index contributed by atoms with van der Waals surface area (Å²) in [6.45, 7) is 0. The van der Waals surface area contributed by atoms with Gasteiger partial charge in [0.2, 0.25) is 0 Å². The predicted molar refractivity (Wildman–Crippen MR) is 59.3 cm³/mol. The number of furan rings is 1. The molecule has 1 unspecified atom stereocenters. The van der Waals surface area contributed by atoms with E-state index in [-0.39, 0.29) is 5.56 Å². The minimum absolute atomic E-state index is 0.192. The van der Waals surface area contributed by atoms with Gasteiger partial charge in [-0.3, -0.25) is 5.84 Å². The zero-order chi connectivity index (χ0) is 14.0. The lowest BCUT2D eigenvalue weighted by Crippen LogP contribution is -2.28. The highest BCUT2D eigenvalue weighted by atomic mass is 19.4. The maximum absolute atomic E-state index is 13.2. The molecule has 0 aliphatic heterocycles. The molecule has 2 rings (SSSR count). The van der Waals surface area contributed by atoms with Gasteiger partial charge in [-0.05, 0) is 23.8 Å².